The summed E-state index contributed by atoms with van der Waals surface area (Å²) < 4.78 is 0. The van der Waals surface area contributed by atoms with Gasteiger partial charge in [0.1, 0.15) is 0 Å². The van der Waals surface area contributed by atoms with E-state index in [1.165, 1.54) is 11.1 Å². The van der Waals surface area contributed by atoms with E-state index in [0.29, 0.717) is 6.42 Å². The molecule has 1 atom stereocenters. The van der Waals surface area contributed by atoms with E-state index in [-0.39, 0.29) is 0 Å². The third kappa shape index (κ3) is 2.33. The van der Waals surface area contributed by atoms with Gasteiger partial charge in [-0.15, -0.1) is 11.3 Å². The predicted octanol–water partition coefficient (Wildman–Crippen LogP) is 2.91. The number of hydrogen-bond donors (Lipinski definition) is 1. The third-order valence-electron chi connectivity index (χ3n) is 3.64. The number of aliphatic hydroxyl groups is 1. The lowest BCUT2D eigenvalue weighted by molar-refractivity contribution is 0.0267. The zero-order valence-corrected chi connectivity index (χ0v) is 11.3. The highest BCUT2D eigenvalue weighted by Crippen LogP contribution is 2.31. The van der Waals surface area contributed by atoms with Gasteiger partial charge < -0.3 is 5.11 Å². The van der Waals surface area contributed by atoms with Gasteiger partial charge in [0.15, 0.2) is 0 Å². The van der Waals surface area contributed by atoms with Crippen molar-refractivity contribution in [3.63, 3.8) is 0 Å². The van der Waals surface area contributed by atoms with E-state index in [2.05, 4.69) is 34.6 Å². The summed E-state index contributed by atoms with van der Waals surface area (Å²) in [6.45, 7) is 2.00. The molecule has 2 nitrogen and oxygen atoms in total. The summed E-state index contributed by atoms with van der Waals surface area (Å²) in [5, 5.41) is 13.8. The Bertz CT molecular complexity index is 563. The molecule has 0 saturated carbocycles. The molecule has 0 aliphatic heterocycles. The van der Waals surface area contributed by atoms with Gasteiger partial charge in [-0.2, -0.15) is 0 Å². The van der Waals surface area contributed by atoms with Crippen molar-refractivity contribution in [3.05, 3.63) is 51.5 Å². The summed E-state index contributed by atoms with van der Waals surface area (Å²) in [5.74, 6) is 0. The van der Waals surface area contributed by atoms with Crippen LogP contribution in [0.4, 0.5) is 0 Å². The zero-order chi connectivity index (χ0) is 12.6. The first kappa shape index (κ1) is 11.9. The van der Waals surface area contributed by atoms with E-state index in [4.69, 9.17) is 0 Å². The van der Waals surface area contributed by atoms with Crippen molar-refractivity contribution in [2.24, 2.45) is 0 Å². The maximum Gasteiger partial charge on any atom is 0.0956 e. The van der Waals surface area contributed by atoms with Gasteiger partial charge in [0, 0.05) is 23.9 Å². The summed E-state index contributed by atoms with van der Waals surface area (Å²) >= 11 is 1.65. The Morgan fingerprint density at radius 1 is 1.33 bits per heavy atom. The lowest BCUT2D eigenvalue weighted by atomic mass is 9.79. The molecule has 0 bridgehead atoms. The Morgan fingerprint density at radius 2 is 2.11 bits per heavy atom. The lowest BCUT2D eigenvalue weighted by Gasteiger charge is -2.33. The summed E-state index contributed by atoms with van der Waals surface area (Å²) in [6.07, 6.45) is 3.24. The van der Waals surface area contributed by atoms with E-state index in [9.17, 15) is 5.11 Å². The molecule has 0 radical (unpaired) electrons. The minimum atomic E-state index is -0.612. The van der Waals surface area contributed by atoms with Crippen LogP contribution in [0.25, 0.3) is 0 Å². The topological polar surface area (TPSA) is 33.1 Å². The molecule has 1 unspecified atom stereocenters. The Morgan fingerprint density at radius 3 is 2.83 bits per heavy atom. The minimum Gasteiger partial charge on any atom is -0.389 e. The summed E-state index contributed by atoms with van der Waals surface area (Å²) in [6, 6.07) is 8.43. The minimum absolute atomic E-state index is 0.612. The SMILES string of the molecule is Cc1csc(CC2(O)CCc3ccccc3C2)n1. The van der Waals surface area contributed by atoms with Gasteiger partial charge in [0.2, 0.25) is 0 Å². The maximum absolute atomic E-state index is 10.7. The second-order valence-electron chi connectivity index (χ2n) is 5.23. The van der Waals surface area contributed by atoms with Crippen molar-refractivity contribution in [1.82, 2.24) is 4.98 Å². The number of fused-ring (bicyclic) bond motifs is 1. The standard InChI is InChI=1S/C15H17NOS/c1-11-10-18-14(16-11)9-15(17)7-6-12-4-2-3-5-13(12)8-15/h2-5,10,17H,6-9H2,1H3. The molecule has 3 heteroatoms. The molecule has 1 aliphatic rings. The monoisotopic (exact) mass is 259 g/mol. The van der Waals surface area contributed by atoms with Gasteiger partial charge in [-0.05, 0) is 30.9 Å². The van der Waals surface area contributed by atoms with Crippen LogP contribution in [0.1, 0.15) is 28.2 Å². The van der Waals surface area contributed by atoms with Crippen LogP contribution in [0.5, 0.6) is 0 Å². The highest BCUT2D eigenvalue weighted by molar-refractivity contribution is 7.09. The van der Waals surface area contributed by atoms with Crippen molar-refractivity contribution >= 4 is 11.3 Å². The highest BCUT2D eigenvalue weighted by Gasteiger charge is 2.32. The molecule has 0 saturated heterocycles. The van der Waals surface area contributed by atoms with Crippen LogP contribution < -0.4 is 0 Å². The van der Waals surface area contributed by atoms with Gasteiger partial charge in [0.05, 0.1) is 10.6 Å². The van der Waals surface area contributed by atoms with E-state index in [0.717, 1.165) is 30.0 Å². The Balaban J connectivity index is 1.81. The van der Waals surface area contributed by atoms with Crippen molar-refractivity contribution in [1.29, 1.82) is 0 Å². The molecule has 2 aromatic rings. The molecule has 1 heterocycles. The Kier molecular flexibility index (Phi) is 2.96. The fourth-order valence-corrected chi connectivity index (χ4v) is 3.61. The quantitative estimate of drug-likeness (QED) is 0.899. The molecule has 1 N–H and O–H groups in total. The molecule has 0 spiro atoms. The molecular weight excluding hydrogens is 242 g/mol. The first-order valence-corrected chi connectivity index (χ1v) is 7.23. The average molecular weight is 259 g/mol. The van der Waals surface area contributed by atoms with Gasteiger partial charge in [-0.3, -0.25) is 0 Å². The third-order valence-corrected chi connectivity index (χ3v) is 4.61. The van der Waals surface area contributed by atoms with Crippen LogP contribution in [-0.2, 0) is 19.3 Å². The molecular formula is C15H17NOS. The van der Waals surface area contributed by atoms with Crippen molar-refractivity contribution in [3.8, 4) is 0 Å². The number of thiazole rings is 1. The van der Waals surface area contributed by atoms with Crippen LogP contribution in [-0.4, -0.2) is 15.7 Å². The molecule has 0 fully saturated rings. The summed E-state index contributed by atoms with van der Waals surface area (Å²) in [5.41, 5.74) is 3.12. The first-order chi connectivity index (χ1) is 8.65. The summed E-state index contributed by atoms with van der Waals surface area (Å²) in [4.78, 5) is 4.46. The number of benzene rings is 1. The highest BCUT2D eigenvalue weighted by atomic mass is 32.1. The van der Waals surface area contributed by atoms with E-state index < -0.39 is 5.60 Å². The van der Waals surface area contributed by atoms with Crippen LogP contribution in [0.2, 0.25) is 0 Å². The van der Waals surface area contributed by atoms with Gasteiger partial charge in [-0.1, -0.05) is 24.3 Å². The van der Waals surface area contributed by atoms with Crippen LogP contribution in [0.15, 0.2) is 29.6 Å². The van der Waals surface area contributed by atoms with E-state index in [1.54, 1.807) is 11.3 Å². The normalized spacial score (nSPS) is 22.8. The number of rotatable bonds is 2. The molecule has 94 valence electrons. The fourth-order valence-electron chi connectivity index (χ4n) is 2.70. The number of nitrogens with zero attached hydrogens (tertiary/aromatic N) is 1. The number of hydrogen-bond acceptors (Lipinski definition) is 3. The van der Waals surface area contributed by atoms with Crippen molar-refractivity contribution in [2.45, 2.75) is 38.2 Å². The van der Waals surface area contributed by atoms with E-state index >= 15 is 0 Å². The van der Waals surface area contributed by atoms with Crippen molar-refractivity contribution in [2.75, 3.05) is 0 Å². The van der Waals surface area contributed by atoms with Gasteiger partial charge in [-0.25, -0.2) is 4.98 Å². The largest absolute Gasteiger partial charge is 0.389 e. The van der Waals surface area contributed by atoms with Crippen LogP contribution in [0, 0.1) is 6.92 Å². The van der Waals surface area contributed by atoms with Crippen molar-refractivity contribution < 1.29 is 5.11 Å². The fraction of sp³-hybridized carbons (Fsp3) is 0.400. The van der Waals surface area contributed by atoms with Crippen LogP contribution in [0.3, 0.4) is 0 Å². The Hall–Kier alpha value is -1.19. The number of aromatic nitrogens is 1. The molecule has 1 aromatic carbocycles. The van der Waals surface area contributed by atoms with Gasteiger partial charge in [0.25, 0.3) is 0 Å². The zero-order valence-electron chi connectivity index (χ0n) is 10.5. The molecule has 1 aromatic heterocycles. The smallest absolute Gasteiger partial charge is 0.0956 e. The second-order valence-corrected chi connectivity index (χ2v) is 6.17. The number of aryl methyl sites for hydroxylation is 2. The molecule has 18 heavy (non-hydrogen) atoms. The summed E-state index contributed by atoms with van der Waals surface area (Å²) in [7, 11) is 0. The molecule has 1 aliphatic carbocycles. The second kappa shape index (κ2) is 4.48. The van der Waals surface area contributed by atoms with Gasteiger partial charge >= 0.3 is 0 Å². The first-order valence-electron chi connectivity index (χ1n) is 6.35. The van der Waals surface area contributed by atoms with E-state index in [1.807, 2.05) is 6.92 Å². The van der Waals surface area contributed by atoms with Crippen LogP contribution >= 0.6 is 11.3 Å². The average Bonchev–Trinajstić information content (AvgIpc) is 2.74. The lowest BCUT2D eigenvalue weighted by Crippen LogP contribution is -2.38. The molecule has 0 amide bonds. The predicted molar refractivity (Wildman–Crippen MR) is 74.0 cm³/mol. The Labute approximate surface area is 111 Å². The maximum atomic E-state index is 10.7. The molecule has 3 rings (SSSR count).